The largest absolute Gasteiger partial charge is 0.391 e. The molecule has 1 saturated carbocycles. The predicted molar refractivity (Wildman–Crippen MR) is 50.3 cm³/mol. The first-order valence-corrected chi connectivity index (χ1v) is 4.68. The topological polar surface area (TPSA) is 64.1 Å². The van der Waals surface area contributed by atoms with Gasteiger partial charge in [-0.05, 0) is 26.2 Å². The summed E-state index contributed by atoms with van der Waals surface area (Å²) in [7, 11) is 0. The quantitative estimate of drug-likeness (QED) is 0.675. The monoisotopic (exact) mass is 181 g/mol. The minimum Gasteiger partial charge on any atom is -0.391 e. The van der Waals surface area contributed by atoms with E-state index >= 15 is 0 Å². The molecule has 1 aliphatic rings. The van der Waals surface area contributed by atoms with Crippen LogP contribution in [0.25, 0.3) is 0 Å². The second-order valence-electron chi connectivity index (χ2n) is 3.72. The molecule has 2 unspecified atom stereocenters. The molecule has 0 aromatic carbocycles. The van der Waals surface area contributed by atoms with E-state index in [9.17, 15) is 5.11 Å². The number of hydrogen-bond donors (Lipinski definition) is 2. The molecule has 4 nitrogen and oxygen atoms in total. The Bertz CT molecular complexity index is 308. The van der Waals surface area contributed by atoms with Gasteiger partial charge in [-0.15, -0.1) is 0 Å². The molecule has 0 bridgehead atoms. The number of aryl methyl sites for hydroxylation is 1. The van der Waals surface area contributed by atoms with Crippen molar-refractivity contribution in [2.45, 2.75) is 38.3 Å². The molecule has 1 heterocycles. The van der Waals surface area contributed by atoms with Crippen molar-refractivity contribution in [2.75, 3.05) is 5.73 Å². The Hall–Kier alpha value is -1.03. The Kier molecular flexibility index (Phi) is 2.00. The van der Waals surface area contributed by atoms with Gasteiger partial charge in [-0.1, -0.05) is 0 Å². The molecule has 1 aromatic rings. The lowest BCUT2D eigenvalue weighted by Gasteiger charge is -2.16. The second-order valence-corrected chi connectivity index (χ2v) is 3.72. The number of anilines is 1. The van der Waals surface area contributed by atoms with Crippen LogP contribution in [0.5, 0.6) is 0 Å². The molecule has 0 amide bonds. The fourth-order valence-corrected chi connectivity index (χ4v) is 2.01. The summed E-state index contributed by atoms with van der Waals surface area (Å²) in [6.45, 7) is 1.91. The summed E-state index contributed by atoms with van der Waals surface area (Å²) < 4.78 is 1.76. The molecule has 3 N–H and O–H groups in total. The Balaban J connectivity index is 2.28. The summed E-state index contributed by atoms with van der Waals surface area (Å²) in [4.78, 5) is 0. The van der Waals surface area contributed by atoms with Crippen LogP contribution in [0.1, 0.15) is 31.0 Å². The van der Waals surface area contributed by atoms with E-state index in [1.807, 2.05) is 13.0 Å². The number of nitrogen functional groups attached to an aromatic ring is 1. The first-order chi connectivity index (χ1) is 6.18. The number of rotatable bonds is 1. The Morgan fingerprint density at radius 1 is 1.62 bits per heavy atom. The first-order valence-electron chi connectivity index (χ1n) is 4.68. The molecule has 13 heavy (non-hydrogen) atoms. The number of aromatic nitrogens is 2. The zero-order valence-electron chi connectivity index (χ0n) is 7.77. The fraction of sp³-hybridized carbons (Fsp3) is 0.667. The third kappa shape index (κ3) is 1.42. The maximum Gasteiger partial charge on any atom is 0.122 e. The predicted octanol–water partition coefficient (Wildman–Crippen LogP) is 0.860. The van der Waals surface area contributed by atoms with Crippen molar-refractivity contribution in [1.29, 1.82) is 0 Å². The van der Waals surface area contributed by atoms with Gasteiger partial charge < -0.3 is 10.8 Å². The second kappa shape index (κ2) is 3.03. The van der Waals surface area contributed by atoms with Gasteiger partial charge in [0.25, 0.3) is 0 Å². The zero-order chi connectivity index (χ0) is 9.42. The lowest BCUT2D eigenvalue weighted by Crippen LogP contribution is -2.20. The van der Waals surface area contributed by atoms with Crippen LogP contribution < -0.4 is 5.73 Å². The van der Waals surface area contributed by atoms with Crippen molar-refractivity contribution in [1.82, 2.24) is 9.78 Å². The Morgan fingerprint density at radius 2 is 2.38 bits per heavy atom. The molecule has 4 heteroatoms. The van der Waals surface area contributed by atoms with Crippen molar-refractivity contribution >= 4 is 5.82 Å². The van der Waals surface area contributed by atoms with Gasteiger partial charge in [-0.25, -0.2) is 4.68 Å². The van der Waals surface area contributed by atoms with Gasteiger partial charge >= 0.3 is 0 Å². The van der Waals surface area contributed by atoms with Gasteiger partial charge in [0, 0.05) is 6.07 Å². The average Bonchev–Trinajstić information content (AvgIpc) is 2.58. The van der Waals surface area contributed by atoms with E-state index in [4.69, 9.17) is 5.73 Å². The van der Waals surface area contributed by atoms with Crippen molar-refractivity contribution < 1.29 is 5.11 Å². The van der Waals surface area contributed by atoms with E-state index < -0.39 is 0 Å². The molecule has 72 valence electrons. The smallest absolute Gasteiger partial charge is 0.122 e. The molecule has 2 atom stereocenters. The lowest BCUT2D eigenvalue weighted by molar-refractivity contribution is 0.131. The third-order valence-corrected chi connectivity index (χ3v) is 2.64. The highest BCUT2D eigenvalue weighted by atomic mass is 16.3. The zero-order valence-corrected chi connectivity index (χ0v) is 7.77. The van der Waals surface area contributed by atoms with Crippen LogP contribution in [0.4, 0.5) is 5.82 Å². The maximum absolute atomic E-state index is 9.66. The van der Waals surface area contributed by atoms with E-state index in [0.717, 1.165) is 25.0 Å². The van der Waals surface area contributed by atoms with Gasteiger partial charge in [0.2, 0.25) is 0 Å². The van der Waals surface area contributed by atoms with Gasteiger partial charge in [0.1, 0.15) is 5.82 Å². The third-order valence-electron chi connectivity index (χ3n) is 2.64. The van der Waals surface area contributed by atoms with Crippen LogP contribution in [0.3, 0.4) is 0 Å². The van der Waals surface area contributed by atoms with Crippen LogP contribution >= 0.6 is 0 Å². The van der Waals surface area contributed by atoms with Crippen LogP contribution in [0, 0.1) is 6.92 Å². The fourth-order valence-electron chi connectivity index (χ4n) is 2.01. The van der Waals surface area contributed by atoms with E-state index in [0.29, 0.717) is 5.82 Å². The van der Waals surface area contributed by atoms with Crippen molar-refractivity contribution in [3.05, 3.63) is 11.8 Å². The SMILES string of the molecule is Cc1cc(N)n(C2CCCC2O)n1. The summed E-state index contributed by atoms with van der Waals surface area (Å²) >= 11 is 0. The minimum absolute atomic E-state index is 0.0914. The van der Waals surface area contributed by atoms with Crippen molar-refractivity contribution in [3.63, 3.8) is 0 Å². The highest BCUT2D eigenvalue weighted by molar-refractivity contribution is 5.31. The van der Waals surface area contributed by atoms with Crippen molar-refractivity contribution in [3.8, 4) is 0 Å². The summed E-state index contributed by atoms with van der Waals surface area (Å²) in [6.07, 6.45) is 2.63. The molecule has 0 spiro atoms. The molecular weight excluding hydrogens is 166 g/mol. The molecule has 2 rings (SSSR count). The van der Waals surface area contributed by atoms with E-state index in [2.05, 4.69) is 5.10 Å². The summed E-state index contributed by atoms with van der Waals surface area (Å²) in [5.41, 5.74) is 6.69. The molecule has 0 radical (unpaired) electrons. The summed E-state index contributed by atoms with van der Waals surface area (Å²) in [6, 6.07) is 1.93. The number of nitrogens with zero attached hydrogens (tertiary/aromatic N) is 2. The van der Waals surface area contributed by atoms with Gasteiger partial charge in [-0.3, -0.25) is 0 Å². The molecule has 1 fully saturated rings. The van der Waals surface area contributed by atoms with Gasteiger partial charge in [-0.2, -0.15) is 5.10 Å². The normalized spacial score (nSPS) is 28.2. The molecule has 1 aromatic heterocycles. The van der Waals surface area contributed by atoms with E-state index in [-0.39, 0.29) is 12.1 Å². The molecule has 0 aliphatic heterocycles. The lowest BCUT2D eigenvalue weighted by atomic mass is 10.2. The average molecular weight is 181 g/mol. The minimum atomic E-state index is -0.276. The summed E-state index contributed by atoms with van der Waals surface area (Å²) in [5.74, 6) is 0.656. The maximum atomic E-state index is 9.66. The number of aliphatic hydroxyl groups excluding tert-OH is 1. The van der Waals surface area contributed by atoms with E-state index in [1.54, 1.807) is 4.68 Å². The Labute approximate surface area is 77.4 Å². The number of nitrogens with two attached hydrogens (primary N) is 1. The van der Waals surface area contributed by atoms with E-state index in [1.165, 1.54) is 0 Å². The Morgan fingerprint density at radius 3 is 2.85 bits per heavy atom. The number of aliphatic hydroxyl groups is 1. The van der Waals surface area contributed by atoms with Crippen LogP contribution in [-0.2, 0) is 0 Å². The van der Waals surface area contributed by atoms with Crippen LogP contribution in [0.2, 0.25) is 0 Å². The molecule has 1 aliphatic carbocycles. The molecule has 0 saturated heterocycles. The van der Waals surface area contributed by atoms with Crippen LogP contribution in [-0.4, -0.2) is 21.0 Å². The van der Waals surface area contributed by atoms with Gasteiger partial charge in [0.15, 0.2) is 0 Å². The molecular formula is C9H15N3O. The van der Waals surface area contributed by atoms with Gasteiger partial charge in [0.05, 0.1) is 17.8 Å². The highest BCUT2D eigenvalue weighted by Gasteiger charge is 2.28. The number of hydrogen-bond acceptors (Lipinski definition) is 3. The highest BCUT2D eigenvalue weighted by Crippen LogP contribution is 2.31. The van der Waals surface area contributed by atoms with Crippen molar-refractivity contribution in [2.24, 2.45) is 0 Å². The first kappa shape index (κ1) is 8.56. The van der Waals surface area contributed by atoms with Crippen LogP contribution in [0.15, 0.2) is 6.07 Å². The summed E-state index contributed by atoms with van der Waals surface area (Å²) in [5, 5.41) is 13.9. The standard InChI is InChI=1S/C9H15N3O/c1-6-5-9(10)12(11-6)7-3-2-4-8(7)13/h5,7-8,13H,2-4,10H2,1H3.